The molecule has 2 aromatic heterocycles. The number of rotatable bonds is 4. The molecule has 0 aliphatic rings. The van der Waals surface area contributed by atoms with Crippen molar-refractivity contribution < 1.29 is 4.79 Å². The average molecular weight is 264 g/mol. The van der Waals surface area contributed by atoms with Gasteiger partial charge in [-0.2, -0.15) is 0 Å². The first-order chi connectivity index (χ1) is 8.56. The van der Waals surface area contributed by atoms with Crippen molar-refractivity contribution in [1.29, 1.82) is 0 Å². The number of anilines is 1. The van der Waals surface area contributed by atoms with E-state index in [2.05, 4.69) is 29.1 Å². The smallest absolute Gasteiger partial charge is 0.269 e. The van der Waals surface area contributed by atoms with E-state index in [1.54, 1.807) is 12.4 Å². The van der Waals surface area contributed by atoms with E-state index >= 15 is 0 Å². The van der Waals surface area contributed by atoms with E-state index in [1.807, 2.05) is 17.7 Å². The fourth-order valence-electron chi connectivity index (χ4n) is 1.60. The number of nitrogens with one attached hydrogen (secondary N) is 1. The number of amides is 1. The first-order valence-electron chi connectivity index (χ1n) is 5.81. The monoisotopic (exact) mass is 264 g/mol. The molecular weight excluding hydrogens is 248 g/mol. The number of carbonyl (C=O) groups is 1. The SMILES string of the molecule is Cc1ncc(C(=O)Nc2nccn2CC(C)C)s1. The Morgan fingerprint density at radius 2 is 2.28 bits per heavy atom. The minimum atomic E-state index is -0.156. The third-order valence-electron chi connectivity index (χ3n) is 2.35. The maximum absolute atomic E-state index is 12.0. The topological polar surface area (TPSA) is 59.8 Å². The van der Waals surface area contributed by atoms with Gasteiger partial charge in [-0.05, 0) is 12.8 Å². The van der Waals surface area contributed by atoms with Gasteiger partial charge in [0.2, 0.25) is 5.95 Å². The predicted octanol–water partition coefficient (Wildman–Crippen LogP) is 2.56. The summed E-state index contributed by atoms with van der Waals surface area (Å²) in [5.41, 5.74) is 0. The van der Waals surface area contributed by atoms with Crippen LogP contribution in [0, 0.1) is 12.8 Å². The Hall–Kier alpha value is -1.69. The van der Waals surface area contributed by atoms with Crippen LogP contribution in [-0.2, 0) is 6.54 Å². The molecule has 18 heavy (non-hydrogen) atoms. The first kappa shape index (κ1) is 12.8. The Bertz CT molecular complexity index is 544. The molecule has 0 bridgehead atoms. The number of aromatic nitrogens is 3. The number of imidazole rings is 1. The van der Waals surface area contributed by atoms with E-state index in [1.165, 1.54) is 11.3 Å². The van der Waals surface area contributed by atoms with Gasteiger partial charge in [0.15, 0.2) is 0 Å². The Labute approximate surface area is 110 Å². The molecule has 0 aliphatic carbocycles. The molecule has 0 fully saturated rings. The van der Waals surface area contributed by atoms with Crippen LogP contribution in [0.3, 0.4) is 0 Å². The Balaban J connectivity index is 2.10. The van der Waals surface area contributed by atoms with Crippen LogP contribution in [0.1, 0.15) is 28.5 Å². The molecule has 96 valence electrons. The first-order valence-corrected chi connectivity index (χ1v) is 6.63. The number of carbonyl (C=O) groups excluding carboxylic acids is 1. The van der Waals surface area contributed by atoms with Gasteiger partial charge in [-0.1, -0.05) is 13.8 Å². The van der Waals surface area contributed by atoms with Crippen LogP contribution in [-0.4, -0.2) is 20.4 Å². The lowest BCUT2D eigenvalue weighted by Crippen LogP contribution is -2.16. The molecule has 0 saturated carbocycles. The summed E-state index contributed by atoms with van der Waals surface area (Å²) in [4.78, 5) is 20.8. The van der Waals surface area contributed by atoms with E-state index in [-0.39, 0.29) is 5.91 Å². The molecule has 2 heterocycles. The second-order valence-corrected chi connectivity index (χ2v) is 5.73. The highest BCUT2D eigenvalue weighted by molar-refractivity contribution is 7.13. The molecule has 6 heteroatoms. The lowest BCUT2D eigenvalue weighted by atomic mass is 10.2. The fourth-order valence-corrected chi connectivity index (χ4v) is 2.28. The van der Waals surface area contributed by atoms with Crippen molar-refractivity contribution in [3.63, 3.8) is 0 Å². The largest absolute Gasteiger partial charge is 0.317 e. The van der Waals surface area contributed by atoms with Gasteiger partial charge in [-0.25, -0.2) is 9.97 Å². The fraction of sp³-hybridized carbons (Fsp3) is 0.417. The number of thiazole rings is 1. The summed E-state index contributed by atoms with van der Waals surface area (Å²) in [6, 6.07) is 0. The molecule has 1 amide bonds. The zero-order valence-corrected chi connectivity index (χ0v) is 11.5. The second kappa shape index (κ2) is 5.30. The van der Waals surface area contributed by atoms with E-state index in [4.69, 9.17) is 0 Å². The summed E-state index contributed by atoms with van der Waals surface area (Å²) >= 11 is 1.38. The van der Waals surface area contributed by atoms with Crippen LogP contribution in [0.4, 0.5) is 5.95 Å². The van der Waals surface area contributed by atoms with Crippen molar-refractivity contribution in [1.82, 2.24) is 14.5 Å². The molecule has 0 radical (unpaired) electrons. The quantitative estimate of drug-likeness (QED) is 0.923. The van der Waals surface area contributed by atoms with Gasteiger partial charge in [0.05, 0.1) is 11.2 Å². The van der Waals surface area contributed by atoms with E-state index in [0.717, 1.165) is 11.6 Å². The zero-order chi connectivity index (χ0) is 13.1. The molecule has 5 nitrogen and oxygen atoms in total. The standard InChI is InChI=1S/C12H16N4OS/c1-8(2)7-16-5-4-13-12(16)15-11(17)10-6-14-9(3)18-10/h4-6,8H,7H2,1-3H3,(H,13,15,17). The number of aryl methyl sites for hydroxylation is 1. The van der Waals surface area contributed by atoms with Gasteiger partial charge in [0, 0.05) is 18.9 Å². The number of hydrogen-bond acceptors (Lipinski definition) is 4. The lowest BCUT2D eigenvalue weighted by Gasteiger charge is -2.10. The molecule has 2 rings (SSSR count). The van der Waals surface area contributed by atoms with Crippen molar-refractivity contribution in [3.05, 3.63) is 28.5 Å². The van der Waals surface area contributed by atoms with Crippen molar-refractivity contribution >= 4 is 23.2 Å². The van der Waals surface area contributed by atoms with Crippen molar-refractivity contribution in [2.75, 3.05) is 5.32 Å². The molecule has 0 spiro atoms. The van der Waals surface area contributed by atoms with Gasteiger partial charge in [0.25, 0.3) is 5.91 Å². The van der Waals surface area contributed by atoms with Gasteiger partial charge in [-0.3, -0.25) is 10.1 Å². The third kappa shape index (κ3) is 2.95. The van der Waals surface area contributed by atoms with Crippen LogP contribution >= 0.6 is 11.3 Å². The lowest BCUT2D eigenvalue weighted by molar-refractivity contribution is 0.102. The Morgan fingerprint density at radius 1 is 1.50 bits per heavy atom. The summed E-state index contributed by atoms with van der Waals surface area (Å²) in [7, 11) is 0. The molecule has 0 aromatic carbocycles. The molecule has 1 N–H and O–H groups in total. The number of hydrogen-bond donors (Lipinski definition) is 1. The molecule has 0 saturated heterocycles. The van der Waals surface area contributed by atoms with Gasteiger partial charge in [-0.15, -0.1) is 11.3 Å². The van der Waals surface area contributed by atoms with Crippen LogP contribution in [0.5, 0.6) is 0 Å². The second-order valence-electron chi connectivity index (χ2n) is 4.49. The van der Waals surface area contributed by atoms with Gasteiger partial charge in [0.1, 0.15) is 4.88 Å². The highest BCUT2D eigenvalue weighted by Crippen LogP contribution is 2.14. The maximum Gasteiger partial charge on any atom is 0.269 e. The average Bonchev–Trinajstić information content (AvgIpc) is 2.88. The number of nitrogens with zero attached hydrogens (tertiary/aromatic N) is 3. The van der Waals surface area contributed by atoms with Crippen molar-refractivity contribution in [2.45, 2.75) is 27.3 Å². The van der Waals surface area contributed by atoms with Crippen LogP contribution < -0.4 is 5.32 Å². The minimum Gasteiger partial charge on any atom is -0.317 e. The molecule has 0 aliphatic heterocycles. The highest BCUT2D eigenvalue weighted by Gasteiger charge is 2.12. The summed E-state index contributed by atoms with van der Waals surface area (Å²) in [6.07, 6.45) is 5.15. The highest BCUT2D eigenvalue weighted by atomic mass is 32.1. The van der Waals surface area contributed by atoms with E-state index in [0.29, 0.717) is 16.7 Å². The van der Waals surface area contributed by atoms with Gasteiger partial charge >= 0.3 is 0 Å². The van der Waals surface area contributed by atoms with Crippen molar-refractivity contribution in [3.8, 4) is 0 Å². The molecule has 0 atom stereocenters. The van der Waals surface area contributed by atoms with Crippen molar-refractivity contribution in [2.24, 2.45) is 5.92 Å². The summed E-state index contributed by atoms with van der Waals surface area (Å²) in [5, 5.41) is 3.69. The maximum atomic E-state index is 12.0. The van der Waals surface area contributed by atoms with Crippen LogP contribution in [0.25, 0.3) is 0 Å². The molecule has 0 unspecified atom stereocenters. The molecular formula is C12H16N4OS. The third-order valence-corrected chi connectivity index (χ3v) is 3.26. The van der Waals surface area contributed by atoms with Gasteiger partial charge < -0.3 is 4.57 Å². The summed E-state index contributed by atoms with van der Waals surface area (Å²) in [5.74, 6) is 0.928. The summed E-state index contributed by atoms with van der Waals surface area (Å²) in [6.45, 7) is 6.95. The zero-order valence-electron chi connectivity index (χ0n) is 10.7. The Kier molecular flexibility index (Phi) is 3.76. The van der Waals surface area contributed by atoms with Crippen LogP contribution in [0.15, 0.2) is 18.6 Å². The van der Waals surface area contributed by atoms with E-state index < -0.39 is 0 Å². The minimum absolute atomic E-state index is 0.156. The van der Waals surface area contributed by atoms with Crippen LogP contribution in [0.2, 0.25) is 0 Å². The molecule has 2 aromatic rings. The predicted molar refractivity (Wildman–Crippen MR) is 71.9 cm³/mol. The Morgan fingerprint density at radius 3 is 2.89 bits per heavy atom. The normalized spacial score (nSPS) is 10.9. The summed E-state index contributed by atoms with van der Waals surface area (Å²) < 4.78 is 1.94. The van der Waals surface area contributed by atoms with E-state index in [9.17, 15) is 4.79 Å².